The lowest BCUT2D eigenvalue weighted by atomic mass is 10.1. The number of ether oxygens (including phenoxy) is 2. The molecule has 0 fully saturated rings. The predicted molar refractivity (Wildman–Crippen MR) is 100 cm³/mol. The Morgan fingerprint density at radius 2 is 1.92 bits per heavy atom. The zero-order chi connectivity index (χ0) is 18.4. The average Bonchev–Trinajstić information content (AvgIpc) is 2.57. The molecule has 0 saturated heterocycles. The summed E-state index contributed by atoms with van der Waals surface area (Å²) in [6, 6.07) is 11.1. The number of anilines is 1. The molecule has 2 aromatic carbocycles. The Morgan fingerprint density at radius 1 is 1.24 bits per heavy atom. The summed E-state index contributed by atoms with van der Waals surface area (Å²) < 4.78 is 11.7. The highest BCUT2D eigenvalue weighted by Crippen LogP contribution is 2.36. The molecule has 0 heterocycles. The van der Waals surface area contributed by atoms with Crippen molar-refractivity contribution in [1.82, 2.24) is 0 Å². The zero-order valence-electron chi connectivity index (χ0n) is 14.4. The zero-order valence-corrected chi connectivity index (χ0v) is 15.9. The van der Waals surface area contributed by atoms with Gasteiger partial charge in [-0.2, -0.15) is 5.26 Å². The Hall–Kier alpha value is -2.52. The third-order valence-electron chi connectivity index (χ3n) is 3.53. The summed E-state index contributed by atoms with van der Waals surface area (Å²) in [4.78, 5) is 12.2. The Kier molecular flexibility index (Phi) is 6.43. The van der Waals surface area contributed by atoms with Crippen molar-refractivity contribution in [2.75, 3.05) is 18.5 Å². The summed E-state index contributed by atoms with van der Waals surface area (Å²) in [5.74, 6) is 0.557. The lowest BCUT2D eigenvalue weighted by Crippen LogP contribution is -2.21. The summed E-state index contributed by atoms with van der Waals surface area (Å²) >= 11 is 3.36. The van der Waals surface area contributed by atoms with Crippen LogP contribution >= 0.6 is 15.9 Å². The first-order valence-electron chi connectivity index (χ1n) is 7.81. The number of rotatable bonds is 6. The van der Waals surface area contributed by atoms with Gasteiger partial charge in [0.15, 0.2) is 18.1 Å². The molecule has 0 aliphatic heterocycles. The van der Waals surface area contributed by atoms with Crippen LogP contribution in [0.15, 0.2) is 34.8 Å². The van der Waals surface area contributed by atoms with Crippen LogP contribution in [-0.2, 0) is 4.79 Å². The molecule has 0 spiro atoms. The SMILES string of the molecule is CCOc1cc(C#N)cc(Br)c1OCC(=O)Nc1c(C)cccc1C. The van der Waals surface area contributed by atoms with Crippen LogP contribution in [0.25, 0.3) is 0 Å². The van der Waals surface area contributed by atoms with Crippen LogP contribution in [0.3, 0.4) is 0 Å². The molecule has 0 aromatic heterocycles. The highest BCUT2D eigenvalue weighted by atomic mass is 79.9. The fourth-order valence-corrected chi connectivity index (χ4v) is 2.92. The minimum atomic E-state index is -0.267. The Bertz CT molecular complexity index is 808. The number of hydrogen-bond donors (Lipinski definition) is 1. The number of nitrogens with zero attached hydrogens (tertiary/aromatic N) is 1. The van der Waals surface area contributed by atoms with E-state index in [1.54, 1.807) is 12.1 Å². The first-order chi connectivity index (χ1) is 12.0. The van der Waals surface area contributed by atoms with Crippen molar-refractivity contribution in [3.05, 3.63) is 51.5 Å². The van der Waals surface area contributed by atoms with Crippen LogP contribution < -0.4 is 14.8 Å². The van der Waals surface area contributed by atoms with Crippen LogP contribution in [0.4, 0.5) is 5.69 Å². The molecule has 0 aliphatic carbocycles. The maximum absolute atomic E-state index is 12.2. The molecule has 0 radical (unpaired) electrons. The largest absolute Gasteiger partial charge is 0.490 e. The summed E-state index contributed by atoms with van der Waals surface area (Å²) in [6.07, 6.45) is 0. The van der Waals surface area contributed by atoms with E-state index in [1.807, 2.05) is 39.0 Å². The maximum atomic E-state index is 12.2. The predicted octanol–water partition coefficient (Wildman–Crippen LogP) is 4.35. The van der Waals surface area contributed by atoms with Crippen molar-refractivity contribution in [2.24, 2.45) is 0 Å². The van der Waals surface area contributed by atoms with Gasteiger partial charge in [0.05, 0.1) is 22.7 Å². The average molecular weight is 403 g/mol. The number of aryl methyl sites for hydroxylation is 2. The van der Waals surface area contributed by atoms with Gasteiger partial charge in [-0.05, 0) is 53.9 Å². The molecule has 2 rings (SSSR count). The third-order valence-corrected chi connectivity index (χ3v) is 4.12. The number of carbonyl (C=O) groups is 1. The van der Waals surface area contributed by atoms with Crippen molar-refractivity contribution >= 4 is 27.5 Å². The van der Waals surface area contributed by atoms with E-state index < -0.39 is 0 Å². The Balaban J connectivity index is 2.13. The van der Waals surface area contributed by atoms with Crippen molar-refractivity contribution in [3.8, 4) is 17.6 Å². The number of hydrogen-bond acceptors (Lipinski definition) is 4. The number of nitriles is 1. The molecule has 0 atom stereocenters. The lowest BCUT2D eigenvalue weighted by Gasteiger charge is -2.15. The van der Waals surface area contributed by atoms with E-state index in [0.717, 1.165) is 16.8 Å². The van der Waals surface area contributed by atoms with Crippen molar-refractivity contribution in [2.45, 2.75) is 20.8 Å². The molecule has 6 heteroatoms. The molecular weight excluding hydrogens is 384 g/mol. The van der Waals surface area contributed by atoms with Crippen molar-refractivity contribution in [3.63, 3.8) is 0 Å². The molecule has 0 bridgehead atoms. The quantitative estimate of drug-likeness (QED) is 0.778. The van der Waals surface area contributed by atoms with Gasteiger partial charge in [-0.15, -0.1) is 0 Å². The molecule has 130 valence electrons. The molecule has 1 amide bonds. The second kappa shape index (κ2) is 8.54. The monoisotopic (exact) mass is 402 g/mol. The van der Waals surface area contributed by atoms with Gasteiger partial charge in [0.2, 0.25) is 0 Å². The molecule has 5 nitrogen and oxygen atoms in total. The van der Waals surface area contributed by atoms with Gasteiger partial charge in [0.25, 0.3) is 5.91 Å². The van der Waals surface area contributed by atoms with Gasteiger partial charge in [0, 0.05) is 11.8 Å². The molecule has 0 saturated carbocycles. The fourth-order valence-electron chi connectivity index (χ4n) is 2.36. The first-order valence-corrected chi connectivity index (χ1v) is 8.60. The number of halogens is 1. The number of benzene rings is 2. The summed E-state index contributed by atoms with van der Waals surface area (Å²) in [7, 11) is 0. The fraction of sp³-hybridized carbons (Fsp3) is 0.263. The summed E-state index contributed by atoms with van der Waals surface area (Å²) in [5, 5.41) is 11.9. The molecule has 1 N–H and O–H groups in total. The van der Waals surface area contributed by atoms with Gasteiger partial charge in [0.1, 0.15) is 0 Å². The second-order valence-electron chi connectivity index (χ2n) is 5.43. The van der Waals surface area contributed by atoms with Gasteiger partial charge in [-0.3, -0.25) is 4.79 Å². The Morgan fingerprint density at radius 3 is 2.52 bits per heavy atom. The number of amides is 1. The van der Waals surface area contributed by atoms with E-state index in [9.17, 15) is 4.79 Å². The summed E-state index contributed by atoms with van der Waals surface area (Å²) in [5.41, 5.74) is 3.22. The van der Waals surface area contributed by atoms with Crippen molar-refractivity contribution < 1.29 is 14.3 Å². The van der Waals surface area contributed by atoms with E-state index in [-0.39, 0.29) is 12.5 Å². The maximum Gasteiger partial charge on any atom is 0.262 e. The summed E-state index contributed by atoms with van der Waals surface area (Å²) in [6.45, 7) is 5.97. The second-order valence-corrected chi connectivity index (χ2v) is 6.29. The molecule has 0 aliphatic rings. The van der Waals surface area contributed by atoms with Crippen LogP contribution in [0.1, 0.15) is 23.6 Å². The van der Waals surface area contributed by atoms with E-state index >= 15 is 0 Å². The van der Waals surface area contributed by atoms with Crippen molar-refractivity contribution in [1.29, 1.82) is 5.26 Å². The van der Waals surface area contributed by atoms with Crippen LogP contribution in [-0.4, -0.2) is 19.1 Å². The molecular formula is C19H19BrN2O3. The lowest BCUT2D eigenvalue weighted by molar-refractivity contribution is -0.118. The standard InChI is InChI=1S/C19H19BrN2O3/c1-4-24-16-9-14(10-21)8-15(20)19(16)25-11-17(23)22-18-12(2)6-5-7-13(18)3/h5-9H,4,11H2,1-3H3,(H,22,23). The smallest absolute Gasteiger partial charge is 0.262 e. The van der Waals surface area contributed by atoms with Gasteiger partial charge in [-0.1, -0.05) is 18.2 Å². The van der Waals surface area contributed by atoms with E-state index in [2.05, 4.69) is 27.3 Å². The number of carbonyl (C=O) groups excluding carboxylic acids is 1. The van der Waals surface area contributed by atoms with Crippen LogP contribution in [0.2, 0.25) is 0 Å². The molecule has 0 unspecified atom stereocenters. The molecule has 2 aromatic rings. The number of nitrogens with one attached hydrogen (secondary N) is 1. The normalized spacial score (nSPS) is 10.0. The van der Waals surface area contributed by atoms with E-state index in [1.165, 1.54) is 0 Å². The minimum Gasteiger partial charge on any atom is -0.490 e. The third kappa shape index (κ3) is 4.74. The minimum absolute atomic E-state index is 0.168. The highest BCUT2D eigenvalue weighted by molar-refractivity contribution is 9.10. The molecule has 25 heavy (non-hydrogen) atoms. The van der Waals surface area contributed by atoms with E-state index in [0.29, 0.717) is 28.1 Å². The topological polar surface area (TPSA) is 71.3 Å². The number of para-hydroxylation sites is 1. The van der Waals surface area contributed by atoms with Gasteiger partial charge >= 0.3 is 0 Å². The first kappa shape index (κ1) is 18.8. The van der Waals surface area contributed by atoms with Crippen LogP contribution in [0, 0.1) is 25.2 Å². The highest BCUT2D eigenvalue weighted by Gasteiger charge is 2.15. The van der Waals surface area contributed by atoms with Gasteiger partial charge < -0.3 is 14.8 Å². The Labute approximate surface area is 155 Å². The van der Waals surface area contributed by atoms with E-state index in [4.69, 9.17) is 14.7 Å². The van der Waals surface area contributed by atoms with Gasteiger partial charge in [-0.25, -0.2) is 0 Å². The van der Waals surface area contributed by atoms with Crippen LogP contribution in [0.5, 0.6) is 11.5 Å².